The average Bonchev–Trinajstić information content (AvgIpc) is 2.90. The fourth-order valence-corrected chi connectivity index (χ4v) is 2.97. The van der Waals surface area contributed by atoms with Gasteiger partial charge in [0.1, 0.15) is 0 Å². The molecule has 0 fully saturated rings. The molecule has 1 aromatic heterocycles. The average molecular weight is 261 g/mol. The molecule has 96 valence electrons. The molecule has 1 atom stereocenters. The van der Waals surface area contributed by atoms with E-state index in [9.17, 15) is 0 Å². The topological polar surface area (TPSA) is 23.5 Å². The van der Waals surface area contributed by atoms with Crippen molar-refractivity contribution < 1.29 is 5.11 Å². The predicted molar refractivity (Wildman–Crippen MR) is 78.2 cm³/mol. The van der Waals surface area contributed by atoms with Gasteiger partial charge < -0.3 is 10.0 Å². The first-order valence-electron chi connectivity index (χ1n) is 6.10. The molecular formula is C15H19NOS. The molecule has 0 aliphatic rings. The predicted octanol–water partition coefficient (Wildman–Crippen LogP) is 3.75. The first kappa shape index (κ1) is 13.1. The molecular weight excluding hydrogens is 242 g/mol. The number of nitrogens with zero attached hydrogens (tertiary/aromatic N) is 1. The van der Waals surface area contributed by atoms with Crippen LogP contribution in [0.3, 0.4) is 0 Å². The summed E-state index contributed by atoms with van der Waals surface area (Å²) in [6.45, 7) is 4.41. The number of aliphatic hydroxyl groups is 1. The quantitative estimate of drug-likeness (QED) is 0.906. The molecule has 0 saturated carbocycles. The van der Waals surface area contributed by atoms with Crippen molar-refractivity contribution in [3.63, 3.8) is 0 Å². The molecule has 1 aromatic carbocycles. The van der Waals surface area contributed by atoms with E-state index in [1.165, 1.54) is 16.1 Å². The Kier molecular flexibility index (Phi) is 4.04. The van der Waals surface area contributed by atoms with E-state index in [4.69, 9.17) is 5.11 Å². The number of rotatable bonds is 4. The third-order valence-electron chi connectivity index (χ3n) is 3.36. The Balaban J connectivity index is 2.26. The van der Waals surface area contributed by atoms with E-state index in [1.54, 1.807) is 11.3 Å². The van der Waals surface area contributed by atoms with Crippen molar-refractivity contribution >= 4 is 17.0 Å². The second-order valence-corrected chi connectivity index (χ2v) is 5.56. The van der Waals surface area contributed by atoms with E-state index in [-0.39, 0.29) is 6.61 Å². The van der Waals surface area contributed by atoms with Crippen molar-refractivity contribution in [2.75, 3.05) is 11.9 Å². The van der Waals surface area contributed by atoms with Crippen molar-refractivity contribution in [1.29, 1.82) is 0 Å². The summed E-state index contributed by atoms with van der Waals surface area (Å²) in [6.07, 6.45) is 0. The van der Waals surface area contributed by atoms with E-state index in [1.807, 2.05) is 12.1 Å². The van der Waals surface area contributed by atoms with E-state index in [0.717, 1.165) is 5.56 Å². The number of hydrogen-bond acceptors (Lipinski definition) is 3. The Morgan fingerprint density at radius 2 is 2.11 bits per heavy atom. The molecule has 0 amide bonds. The molecule has 2 aromatic rings. The molecule has 0 aliphatic heterocycles. The van der Waals surface area contributed by atoms with Gasteiger partial charge in [-0.05, 0) is 42.5 Å². The van der Waals surface area contributed by atoms with Gasteiger partial charge in [0.2, 0.25) is 0 Å². The van der Waals surface area contributed by atoms with Crippen LogP contribution in [0.1, 0.15) is 29.0 Å². The highest BCUT2D eigenvalue weighted by molar-refractivity contribution is 7.10. The summed E-state index contributed by atoms with van der Waals surface area (Å²) >= 11 is 1.79. The normalized spacial score (nSPS) is 12.4. The minimum absolute atomic E-state index is 0.102. The maximum absolute atomic E-state index is 9.14. The Labute approximate surface area is 113 Å². The third kappa shape index (κ3) is 2.57. The van der Waals surface area contributed by atoms with Crippen molar-refractivity contribution in [1.82, 2.24) is 0 Å². The molecule has 0 radical (unpaired) electrons. The van der Waals surface area contributed by atoms with Crippen LogP contribution in [0, 0.1) is 6.92 Å². The van der Waals surface area contributed by atoms with Gasteiger partial charge in [0.25, 0.3) is 0 Å². The van der Waals surface area contributed by atoms with Crippen LogP contribution in [0.25, 0.3) is 0 Å². The summed E-state index contributed by atoms with van der Waals surface area (Å²) in [7, 11) is 2.12. The Bertz CT molecular complexity index is 507. The number of anilines is 1. The lowest BCUT2D eigenvalue weighted by Gasteiger charge is -2.28. The molecule has 0 bridgehead atoms. The van der Waals surface area contributed by atoms with Crippen LogP contribution in [0.4, 0.5) is 5.69 Å². The van der Waals surface area contributed by atoms with Gasteiger partial charge in [0.15, 0.2) is 0 Å². The van der Waals surface area contributed by atoms with Crippen LogP contribution in [-0.2, 0) is 6.61 Å². The molecule has 0 saturated heterocycles. The Hall–Kier alpha value is -1.32. The van der Waals surface area contributed by atoms with Gasteiger partial charge in [-0.2, -0.15) is 0 Å². The van der Waals surface area contributed by atoms with Gasteiger partial charge in [-0.25, -0.2) is 0 Å². The molecule has 18 heavy (non-hydrogen) atoms. The summed E-state index contributed by atoms with van der Waals surface area (Å²) in [5.74, 6) is 0. The van der Waals surface area contributed by atoms with Crippen molar-refractivity contribution in [3.8, 4) is 0 Å². The lowest BCUT2D eigenvalue weighted by atomic mass is 10.1. The summed E-state index contributed by atoms with van der Waals surface area (Å²) in [4.78, 5) is 3.64. The van der Waals surface area contributed by atoms with E-state index < -0.39 is 0 Å². The molecule has 2 nitrogen and oxygen atoms in total. The lowest BCUT2D eigenvalue weighted by Crippen LogP contribution is -2.21. The molecule has 1 unspecified atom stereocenters. The van der Waals surface area contributed by atoms with Gasteiger partial charge >= 0.3 is 0 Å². The number of thiophene rings is 1. The minimum Gasteiger partial charge on any atom is -0.392 e. The van der Waals surface area contributed by atoms with Crippen LogP contribution < -0.4 is 4.90 Å². The maximum Gasteiger partial charge on any atom is 0.0681 e. The number of aryl methyl sites for hydroxylation is 1. The van der Waals surface area contributed by atoms with Gasteiger partial charge in [0, 0.05) is 17.6 Å². The van der Waals surface area contributed by atoms with Crippen LogP contribution >= 0.6 is 11.3 Å². The summed E-state index contributed by atoms with van der Waals surface area (Å²) in [5.41, 5.74) is 3.38. The zero-order valence-electron chi connectivity index (χ0n) is 11.1. The first-order chi connectivity index (χ1) is 8.63. The summed E-state index contributed by atoms with van der Waals surface area (Å²) < 4.78 is 0. The molecule has 0 spiro atoms. The molecule has 1 N–H and O–H groups in total. The standard InChI is InChI=1S/C15H19NOS/c1-11-9-13(10-17)6-7-14(11)16(3)12(2)15-5-4-8-18-15/h4-9,12,17H,10H2,1-3H3. The number of hydrogen-bond donors (Lipinski definition) is 1. The highest BCUT2D eigenvalue weighted by Crippen LogP contribution is 2.30. The van der Waals surface area contributed by atoms with Gasteiger partial charge in [-0.3, -0.25) is 0 Å². The van der Waals surface area contributed by atoms with Crippen molar-refractivity contribution in [2.24, 2.45) is 0 Å². The molecule has 1 heterocycles. The minimum atomic E-state index is 0.102. The Morgan fingerprint density at radius 3 is 2.67 bits per heavy atom. The smallest absolute Gasteiger partial charge is 0.0681 e. The second-order valence-electron chi connectivity index (χ2n) is 4.58. The molecule has 3 heteroatoms. The van der Waals surface area contributed by atoms with Crippen molar-refractivity contribution in [2.45, 2.75) is 26.5 Å². The SMILES string of the molecule is Cc1cc(CO)ccc1N(C)C(C)c1cccs1. The third-order valence-corrected chi connectivity index (χ3v) is 4.40. The largest absolute Gasteiger partial charge is 0.392 e. The van der Waals surface area contributed by atoms with Crippen LogP contribution in [-0.4, -0.2) is 12.2 Å². The van der Waals surface area contributed by atoms with Gasteiger partial charge in [-0.1, -0.05) is 18.2 Å². The fourth-order valence-electron chi connectivity index (χ4n) is 2.14. The number of aliphatic hydroxyl groups excluding tert-OH is 1. The summed E-state index contributed by atoms with van der Waals surface area (Å²) in [6, 6.07) is 10.7. The van der Waals surface area contributed by atoms with Crippen molar-refractivity contribution in [3.05, 3.63) is 51.7 Å². The lowest BCUT2D eigenvalue weighted by molar-refractivity contribution is 0.282. The number of benzene rings is 1. The highest BCUT2D eigenvalue weighted by atomic mass is 32.1. The van der Waals surface area contributed by atoms with E-state index in [0.29, 0.717) is 6.04 Å². The van der Waals surface area contributed by atoms with Gasteiger partial charge in [0.05, 0.1) is 12.6 Å². The molecule has 2 rings (SSSR count). The zero-order chi connectivity index (χ0) is 13.1. The van der Waals surface area contributed by atoms with Crippen LogP contribution in [0.5, 0.6) is 0 Å². The fraction of sp³-hybridized carbons (Fsp3) is 0.333. The van der Waals surface area contributed by atoms with E-state index >= 15 is 0 Å². The monoisotopic (exact) mass is 261 g/mol. The van der Waals surface area contributed by atoms with Crippen LogP contribution in [0.2, 0.25) is 0 Å². The maximum atomic E-state index is 9.14. The van der Waals surface area contributed by atoms with Gasteiger partial charge in [-0.15, -0.1) is 11.3 Å². The second kappa shape index (κ2) is 5.55. The Morgan fingerprint density at radius 1 is 1.33 bits per heavy atom. The molecule has 0 aliphatic carbocycles. The summed E-state index contributed by atoms with van der Waals surface area (Å²) in [5, 5.41) is 11.3. The first-order valence-corrected chi connectivity index (χ1v) is 6.98. The van der Waals surface area contributed by atoms with E-state index in [2.05, 4.69) is 49.4 Å². The zero-order valence-corrected chi connectivity index (χ0v) is 11.9. The van der Waals surface area contributed by atoms with Crippen LogP contribution in [0.15, 0.2) is 35.7 Å². The highest BCUT2D eigenvalue weighted by Gasteiger charge is 2.14.